The molecule has 102 valence electrons. The third-order valence-electron chi connectivity index (χ3n) is 3.06. The number of benzene rings is 1. The van der Waals surface area contributed by atoms with Crippen molar-refractivity contribution in [3.63, 3.8) is 0 Å². The lowest BCUT2D eigenvalue weighted by molar-refractivity contribution is 0.508. The molecular weight excluding hydrogens is 260 g/mol. The summed E-state index contributed by atoms with van der Waals surface area (Å²) in [5.41, 5.74) is 0.894. The van der Waals surface area contributed by atoms with E-state index in [1.165, 1.54) is 0 Å². The summed E-state index contributed by atoms with van der Waals surface area (Å²) in [5.74, 6) is -1.42. The molecule has 0 aliphatic carbocycles. The Labute approximate surface area is 115 Å². The SMILES string of the molecule is C[C@@H](NCc1c(F)cc(C#N)cc1F)c1ccncc1. The molecule has 1 N–H and O–H groups in total. The molecule has 0 amide bonds. The molecule has 2 rings (SSSR count). The second kappa shape index (κ2) is 6.22. The predicted molar refractivity (Wildman–Crippen MR) is 70.6 cm³/mol. The molecule has 0 aliphatic heterocycles. The highest BCUT2D eigenvalue weighted by molar-refractivity contribution is 5.34. The first-order valence-corrected chi connectivity index (χ1v) is 6.13. The van der Waals surface area contributed by atoms with Gasteiger partial charge in [0.2, 0.25) is 0 Å². The number of pyridine rings is 1. The van der Waals surface area contributed by atoms with E-state index < -0.39 is 11.6 Å². The van der Waals surface area contributed by atoms with Gasteiger partial charge < -0.3 is 5.32 Å². The van der Waals surface area contributed by atoms with Gasteiger partial charge in [-0.1, -0.05) is 0 Å². The molecule has 0 spiro atoms. The van der Waals surface area contributed by atoms with Crippen LogP contribution in [0.1, 0.15) is 29.7 Å². The molecule has 0 aliphatic rings. The van der Waals surface area contributed by atoms with Crippen LogP contribution in [0.2, 0.25) is 0 Å². The van der Waals surface area contributed by atoms with Crippen LogP contribution in [0.4, 0.5) is 8.78 Å². The Hall–Kier alpha value is -2.32. The number of aromatic nitrogens is 1. The zero-order valence-corrected chi connectivity index (χ0v) is 10.9. The van der Waals surface area contributed by atoms with E-state index in [0.29, 0.717) is 0 Å². The fraction of sp³-hybridized carbons (Fsp3) is 0.200. The van der Waals surface area contributed by atoms with E-state index in [1.807, 2.05) is 19.1 Å². The molecule has 1 aromatic carbocycles. The molecule has 20 heavy (non-hydrogen) atoms. The average Bonchev–Trinajstić information content (AvgIpc) is 2.46. The Bertz CT molecular complexity index is 612. The van der Waals surface area contributed by atoms with E-state index in [1.54, 1.807) is 18.5 Å². The maximum absolute atomic E-state index is 13.7. The fourth-order valence-corrected chi connectivity index (χ4v) is 1.86. The van der Waals surface area contributed by atoms with Gasteiger partial charge in [-0.25, -0.2) is 8.78 Å². The van der Waals surface area contributed by atoms with Crippen LogP contribution in [0.3, 0.4) is 0 Å². The molecule has 0 bridgehead atoms. The van der Waals surface area contributed by atoms with Crippen LogP contribution in [0.15, 0.2) is 36.7 Å². The van der Waals surface area contributed by atoms with E-state index in [2.05, 4.69) is 10.3 Å². The summed E-state index contributed by atoms with van der Waals surface area (Å²) in [6.07, 6.45) is 3.33. The van der Waals surface area contributed by atoms with Crippen molar-refractivity contribution in [2.45, 2.75) is 19.5 Å². The highest BCUT2D eigenvalue weighted by Crippen LogP contribution is 2.17. The van der Waals surface area contributed by atoms with E-state index in [0.717, 1.165) is 17.7 Å². The van der Waals surface area contributed by atoms with Crippen LogP contribution >= 0.6 is 0 Å². The second-order valence-corrected chi connectivity index (χ2v) is 4.41. The first kappa shape index (κ1) is 14.1. The zero-order valence-electron chi connectivity index (χ0n) is 10.9. The van der Waals surface area contributed by atoms with Gasteiger partial charge in [0.1, 0.15) is 11.6 Å². The highest BCUT2D eigenvalue weighted by Gasteiger charge is 2.12. The molecule has 1 heterocycles. The molecule has 1 aromatic heterocycles. The van der Waals surface area contributed by atoms with Gasteiger partial charge in [-0.3, -0.25) is 4.98 Å². The van der Waals surface area contributed by atoms with Gasteiger partial charge in [0.15, 0.2) is 0 Å². The molecule has 3 nitrogen and oxygen atoms in total. The minimum absolute atomic E-state index is 0.0223. The number of nitriles is 1. The van der Waals surface area contributed by atoms with Crippen molar-refractivity contribution in [2.24, 2.45) is 0 Å². The molecule has 0 unspecified atom stereocenters. The van der Waals surface area contributed by atoms with Crippen molar-refractivity contribution in [2.75, 3.05) is 0 Å². The fourth-order valence-electron chi connectivity index (χ4n) is 1.86. The van der Waals surface area contributed by atoms with Crippen LogP contribution in [-0.4, -0.2) is 4.98 Å². The highest BCUT2D eigenvalue weighted by atomic mass is 19.1. The van der Waals surface area contributed by atoms with Crippen molar-refractivity contribution in [3.05, 3.63) is 65.0 Å². The average molecular weight is 273 g/mol. The number of hydrogen-bond acceptors (Lipinski definition) is 3. The molecule has 0 radical (unpaired) electrons. The van der Waals surface area contributed by atoms with E-state index >= 15 is 0 Å². The van der Waals surface area contributed by atoms with Crippen molar-refractivity contribution in [1.82, 2.24) is 10.3 Å². The number of halogens is 2. The maximum Gasteiger partial charge on any atom is 0.131 e. The largest absolute Gasteiger partial charge is 0.306 e. The van der Waals surface area contributed by atoms with Crippen LogP contribution < -0.4 is 5.32 Å². The first-order valence-electron chi connectivity index (χ1n) is 6.13. The quantitative estimate of drug-likeness (QED) is 0.931. The van der Waals surface area contributed by atoms with Crippen LogP contribution in [0, 0.1) is 23.0 Å². The van der Waals surface area contributed by atoms with Gasteiger partial charge >= 0.3 is 0 Å². The summed E-state index contributed by atoms with van der Waals surface area (Å²) in [6, 6.07) is 7.41. The molecule has 0 saturated heterocycles. The normalized spacial score (nSPS) is 11.9. The number of nitrogens with zero attached hydrogens (tertiary/aromatic N) is 2. The number of rotatable bonds is 4. The maximum atomic E-state index is 13.7. The molecule has 0 fully saturated rings. The summed E-state index contributed by atoms with van der Waals surface area (Å²) < 4.78 is 27.4. The van der Waals surface area contributed by atoms with E-state index in [9.17, 15) is 8.78 Å². The molecule has 2 aromatic rings. The molecule has 5 heteroatoms. The lowest BCUT2D eigenvalue weighted by atomic mass is 10.1. The second-order valence-electron chi connectivity index (χ2n) is 4.41. The van der Waals surface area contributed by atoms with Gasteiger partial charge in [-0.15, -0.1) is 0 Å². The third kappa shape index (κ3) is 3.16. The number of hydrogen-bond donors (Lipinski definition) is 1. The Morgan fingerprint density at radius 1 is 1.25 bits per heavy atom. The standard InChI is InChI=1S/C15H13F2N3/c1-10(12-2-4-19-5-3-12)20-9-13-14(16)6-11(8-18)7-15(13)17/h2-7,10,20H,9H2,1H3/t10-/m1/s1. The zero-order chi connectivity index (χ0) is 14.5. The van der Waals surface area contributed by atoms with Crippen molar-refractivity contribution in [1.29, 1.82) is 5.26 Å². The molecule has 1 atom stereocenters. The third-order valence-corrected chi connectivity index (χ3v) is 3.06. The van der Waals surface area contributed by atoms with Crippen LogP contribution in [0.5, 0.6) is 0 Å². The van der Waals surface area contributed by atoms with Crippen molar-refractivity contribution < 1.29 is 8.78 Å². The van der Waals surface area contributed by atoms with Gasteiger partial charge in [0.25, 0.3) is 0 Å². The minimum Gasteiger partial charge on any atom is -0.306 e. The van der Waals surface area contributed by atoms with Crippen LogP contribution in [0.25, 0.3) is 0 Å². The lowest BCUT2D eigenvalue weighted by Gasteiger charge is -2.14. The first-order chi connectivity index (χ1) is 9.61. The van der Waals surface area contributed by atoms with Gasteiger partial charge in [0.05, 0.1) is 11.6 Å². The summed E-state index contributed by atoms with van der Waals surface area (Å²) in [5, 5.41) is 11.7. The Kier molecular flexibility index (Phi) is 4.38. The molecule has 0 saturated carbocycles. The Morgan fingerprint density at radius 3 is 2.40 bits per heavy atom. The monoisotopic (exact) mass is 273 g/mol. The van der Waals surface area contributed by atoms with Gasteiger partial charge in [0, 0.05) is 30.5 Å². The topological polar surface area (TPSA) is 48.7 Å². The van der Waals surface area contributed by atoms with Gasteiger partial charge in [-0.2, -0.15) is 5.26 Å². The number of nitrogens with one attached hydrogen (secondary N) is 1. The minimum atomic E-state index is -0.712. The van der Waals surface area contributed by atoms with Crippen molar-refractivity contribution >= 4 is 0 Å². The summed E-state index contributed by atoms with van der Waals surface area (Å²) >= 11 is 0. The summed E-state index contributed by atoms with van der Waals surface area (Å²) in [6.45, 7) is 1.95. The smallest absolute Gasteiger partial charge is 0.131 e. The predicted octanol–water partition coefficient (Wildman–Crippen LogP) is 3.08. The molecular formula is C15H13F2N3. The van der Waals surface area contributed by atoms with Crippen molar-refractivity contribution in [3.8, 4) is 6.07 Å². The summed E-state index contributed by atoms with van der Waals surface area (Å²) in [4.78, 5) is 3.91. The van der Waals surface area contributed by atoms with Gasteiger partial charge in [-0.05, 0) is 36.8 Å². The Balaban J connectivity index is 2.10. The summed E-state index contributed by atoms with van der Waals surface area (Å²) in [7, 11) is 0. The Morgan fingerprint density at radius 2 is 1.85 bits per heavy atom. The lowest BCUT2D eigenvalue weighted by Crippen LogP contribution is -2.19. The van der Waals surface area contributed by atoms with E-state index in [4.69, 9.17) is 5.26 Å². The van der Waals surface area contributed by atoms with Crippen LogP contribution in [-0.2, 0) is 6.54 Å². The van der Waals surface area contributed by atoms with E-state index in [-0.39, 0.29) is 23.7 Å².